The summed E-state index contributed by atoms with van der Waals surface area (Å²) in [5, 5.41) is 4.83. The zero-order chi connectivity index (χ0) is 25.9. The predicted molar refractivity (Wildman–Crippen MR) is 129 cm³/mol. The van der Waals surface area contributed by atoms with Crippen LogP contribution in [0.25, 0.3) is 0 Å². The standard InChI is InChI=1S/C26H24N2O8/c1-33-20-11-9-19(10-12-20)27-23(29)15-35-21-13-8-18(14-22(21)34-2)26(32)36-16-24(30)28-25(31)17-6-4-3-5-7-17/h3-14H,15-16H2,1-2H3,(H,27,29)(H,28,30,31). The summed E-state index contributed by atoms with van der Waals surface area (Å²) in [5.41, 5.74) is 0.961. The second-order valence-corrected chi connectivity index (χ2v) is 7.25. The van der Waals surface area contributed by atoms with Crippen LogP contribution in [-0.4, -0.2) is 51.1 Å². The minimum atomic E-state index is -0.806. The Bertz CT molecular complexity index is 1230. The molecule has 0 aliphatic heterocycles. The van der Waals surface area contributed by atoms with Gasteiger partial charge in [0, 0.05) is 11.3 Å². The molecular formula is C26H24N2O8. The average molecular weight is 492 g/mol. The van der Waals surface area contributed by atoms with Crippen LogP contribution < -0.4 is 24.8 Å². The van der Waals surface area contributed by atoms with E-state index in [0.29, 0.717) is 17.0 Å². The van der Waals surface area contributed by atoms with E-state index in [1.807, 2.05) is 0 Å². The van der Waals surface area contributed by atoms with Crippen molar-refractivity contribution in [1.29, 1.82) is 0 Å². The molecule has 3 amide bonds. The van der Waals surface area contributed by atoms with Crippen LogP contribution in [0.3, 0.4) is 0 Å². The van der Waals surface area contributed by atoms with Gasteiger partial charge < -0.3 is 24.3 Å². The summed E-state index contributed by atoms with van der Waals surface area (Å²) in [4.78, 5) is 48.5. The maximum Gasteiger partial charge on any atom is 0.338 e. The zero-order valence-corrected chi connectivity index (χ0v) is 19.6. The van der Waals surface area contributed by atoms with Gasteiger partial charge in [-0.1, -0.05) is 18.2 Å². The quantitative estimate of drug-likeness (QED) is 0.414. The zero-order valence-electron chi connectivity index (χ0n) is 19.6. The first kappa shape index (κ1) is 25.8. The lowest BCUT2D eigenvalue weighted by Crippen LogP contribution is -2.34. The summed E-state index contributed by atoms with van der Waals surface area (Å²) in [5.74, 6) is -1.51. The maximum atomic E-state index is 12.3. The SMILES string of the molecule is COc1ccc(NC(=O)COc2ccc(C(=O)OCC(=O)NC(=O)c3ccccc3)cc2OC)cc1. The Morgan fingerprint density at radius 2 is 1.44 bits per heavy atom. The summed E-state index contributed by atoms with van der Waals surface area (Å²) in [6.07, 6.45) is 0. The van der Waals surface area contributed by atoms with Crippen LogP contribution in [0.1, 0.15) is 20.7 Å². The van der Waals surface area contributed by atoms with E-state index in [1.54, 1.807) is 61.7 Å². The van der Waals surface area contributed by atoms with Crippen molar-refractivity contribution < 1.29 is 38.1 Å². The number of methoxy groups -OCH3 is 2. The van der Waals surface area contributed by atoms with E-state index in [9.17, 15) is 19.2 Å². The second-order valence-electron chi connectivity index (χ2n) is 7.25. The number of imide groups is 1. The molecule has 0 aliphatic carbocycles. The van der Waals surface area contributed by atoms with Crippen molar-refractivity contribution >= 4 is 29.4 Å². The molecule has 3 rings (SSSR count). The van der Waals surface area contributed by atoms with Crippen LogP contribution in [0.4, 0.5) is 5.69 Å². The molecule has 0 aromatic heterocycles. The predicted octanol–water partition coefficient (Wildman–Crippen LogP) is 2.83. The molecule has 36 heavy (non-hydrogen) atoms. The number of ether oxygens (including phenoxy) is 4. The molecule has 0 saturated heterocycles. The molecule has 0 saturated carbocycles. The average Bonchev–Trinajstić information content (AvgIpc) is 2.91. The van der Waals surface area contributed by atoms with E-state index in [0.717, 1.165) is 0 Å². The van der Waals surface area contributed by atoms with Gasteiger partial charge in [0.2, 0.25) is 0 Å². The number of anilines is 1. The van der Waals surface area contributed by atoms with Crippen molar-refractivity contribution in [3.05, 3.63) is 83.9 Å². The number of nitrogens with one attached hydrogen (secondary N) is 2. The molecule has 186 valence electrons. The third-order valence-electron chi connectivity index (χ3n) is 4.76. The van der Waals surface area contributed by atoms with Gasteiger partial charge in [-0.3, -0.25) is 19.7 Å². The fraction of sp³-hybridized carbons (Fsp3) is 0.154. The summed E-state index contributed by atoms with van der Waals surface area (Å²) >= 11 is 0. The Hall–Kier alpha value is -4.86. The summed E-state index contributed by atoms with van der Waals surface area (Å²) in [6.45, 7) is -0.953. The van der Waals surface area contributed by atoms with Gasteiger partial charge in [0.05, 0.1) is 19.8 Å². The number of hydrogen-bond acceptors (Lipinski definition) is 8. The molecule has 3 aromatic rings. The van der Waals surface area contributed by atoms with Crippen molar-refractivity contribution in [2.45, 2.75) is 0 Å². The molecular weight excluding hydrogens is 468 g/mol. The Kier molecular flexibility index (Phi) is 8.99. The van der Waals surface area contributed by atoms with Crippen LogP contribution in [0, 0.1) is 0 Å². The molecule has 3 aromatic carbocycles. The molecule has 0 bridgehead atoms. The van der Waals surface area contributed by atoms with Gasteiger partial charge in [0.1, 0.15) is 5.75 Å². The Labute approximate surface area is 207 Å². The molecule has 0 unspecified atom stereocenters. The fourth-order valence-electron chi connectivity index (χ4n) is 2.97. The molecule has 0 aliphatic rings. The van der Waals surface area contributed by atoms with Gasteiger partial charge in [-0.15, -0.1) is 0 Å². The third-order valence-corrected chi connectivity index (χ3v) is 4.76. The van der Waals surface area contributed by atoms with Crippen molar-refractivity contribution in [3.8, 4) is 17.2 Å². The molecule has 10 nitrogen and oxygen atoms in total. The van der Waals surface area contributed by atoms with Gasteiger partial charge in [-0.05, 0) is 54.6 Å². The molecule has 10 heteroatoms. The van der Waals surface area contributed by atoms with Crippen LogP contribution in [0.5, 0.6) is 17.2 Å². The largest absolute Gasteiger partial charge is 0.497 e. The van der Waals surface area contributed by atoms with Gasteiger partial charge in [0.25, 0.3) is 17.7 Å². The number of carbonyl (C=O) groups excluding carboxylic acids is 4. The minimum Gasteiger partial charge on any atom is -0.497 e. The first-order valence-corrected chi connectivity index (χ1v) is 10.7. The number of amides is 3. The normalized spacial score (nSPS) is 10.1. The minimum absolute atomic E-state index is 0.0871. The number of carbonyl (C=O) groups is 4. The summed E-state index contributed by atoms with van der Waals surface area (Å²) in [7, 11) is 2.92. The molecule has 0 spiro atoms. The monoisotopic (exact) mass is 492 g/mol. The molecule has 0 radical (unpaired) electrons. The topological polar surface area (TPSA) is 129 Å². The Balaban J connectivity index is 1.50. The highest BCUT2D eigenvalue weighted by Gasteiger charge is 2.16. The third kappa shape index (κ3) is 7.32. The lowest BCUT2D eigenvalue weighted by atomic mass is 10.2. The van der Waals surface area contributed by atoms with Crippen molar-refractivity contribution in [2.24, 2.45) is 0 Å². The van der Waals surface area contributed by atoms with Crippen molar-refractivity contribution in [3.63, 3.8) is 0 Å². The van der Waals surface area contributed by atoms with Gasteiger partial charge >= 0.3 is 5.97 Å². The fourth-order valence-corrected chi connectivity index (χ4v) is 2.97. The summed E-state index contributed by atoms with van der Waals surface area (Å²) in [6, 6.07) is 19.1. The molecule has 0 fully saturated rings. The van der Waals surface area contributed by atoms with Gasteiger partial charge in [-0.2, -0.15) is 0 Å². The van der Waals surface area contributed by atoms with E-state index in [2.05, 4.69) is 10.6 Å². The van der Waals surface area contributed by atoms with Crippen LogP contribution >= 0.6 is 0 Å². The summed E-state index contributed by atoms with van der Waals surface area (Å²) < 4.78 is 20.8. The van der Waals surface area contributed by atoms with Gasteiger partial charge in [0.15, 0.2) is 24.7 Å². The highest BCUT2D eigenvalue weighted by Crippen LogP contribution is 2.28. The number of benzene rings is 3. The first-order valence-electron chi connectivity index (χ1n) is 10.7. The van der Waals surface area contributed by atoms with E-state index in [-0.39, 0.29) is 23.7 Å². The van der Waals surface area contributed by atoms with E-state index >= 15 is 0 Å². The number of hydrogen-bond donors (Lipinski definition) is 2. The molecule has 0 atom stereocenters. The number of esters is 1. The Morgan fingerprint density at radius 1 is 0.722 bits per heavy atom. The van der Waals surface area contributed by atoms with Gasteiger partial charge in [-0.25, -0.2) is 4.79 Å². The first-order chi connectivity index (χ1) is 17.4. The lowest BCUT2D eigenvalue weighted by molar-refractivity contribution is -0.123. The van der Waals surface area contributed by atoms with Crippen LogP contribution in [0.2, 0.25) is 0 Å². The van der Waals surface area contributed by atoms with Crippen LogP contribution in [-0.2, 0) is 14.3 Å². The highest BCUT2D eigenvalue weighted by atomic mass is 16.5. The van der Waals surface area contributed by atoms with Crippen molar-refractivity contribution in [1.82, 2.24) is 5.32 Å². The smallest absolute Gasteiger partial charge is 0.338 e. The Morgan fingerprint density at radius 3 is 2.11 bits per heavy atom. The van der Waals surface area contributed by atoms with Crippen LogP contribution in [0.15, 0.2) is 72.8 Å². The molecule has 2 N–H and O–H groups in total. The maximum absolute atomic E-state index is 12.3. The highest BCUT2D eigenvalue weighted by molar-refractivity contribution is 6.05. The second kappa shape index (κ2) is 12.6. The van der Waals surface area contributed by atoms with E-state index in [1.165, 1.54) is 25.3 Å². The molecule has 0 heterocycles. The number of rotatable bonds is 10. The van der Waals surface area contributed by atoms with E-state index in [4.69, 9.17) is 18.9 Å². The van der Waals surface area contributed by atoms with E-state index < -0.39 is 30.3 Å². The van der Waals surface area contributed by atoms with Crippen molar-refractivity contribution in [2.75, 3.05) is 32.8 Å². The lowest BCUT2D eigenvalue weighted by Gasteiger charge is -2.12.